The van der Waals surface area contributed by atoms with Crippen LogP contribution in [0.15, 0.2) is 59.5 Å². The number of rotatable bonds is 10. The molecule has 7 nitrogen and oxygen atoms in total. The topological polar surface area (TPSA) is 93.7 Å². The van der Waals surface area contributed by atoms with E-state index in [-0.39, 0.29) is 10.8 Å². The van der Waals surface area contributed by atoms with Crippen LogP contribution in [-0.2, 0) is 19.6 Å². The van der Waals surface area contributed by atoms with E-state index >= 15 is 0 Å². The van der Waals surface area contributed by atoms with Crippen LogP contribution in [0.4, 0.5) is 5.69 Å². The fourth-order valence-electron chi connectivity index (χ4n) is 2.29. The van der Waals surface area contributed by atoms with Gasteiger partial charge in [-0.15, -0.1) is 0 Å². The number of carbonyl (C=O) groups excluding carboxylic acids is 1. The third-order valence-corrected chi connectivity index (χ3v) is 5.27. The normalized spacial score (nSPS) is 11.5. The summed E-state index contributed by atoms with van der Waals surface area (Å²) in [6.45, 7) is 0.780. The number of benzene rings is 2. The van der Waals surface area contributed by atoms with Crippen LogP contribution in [0.1, 0.15) is 12.0 Å². The minimum Gasteiger partial charge on any atom is -0.497 e. The van der Waals surface area contributed by atoms with Crippen LogP contribution in [0.25, 0.3) is 6.08 Å². The van der Waals surface area contributed by atoms with Crippen molar-refractivity contribution >= 4 is 27.7 Å². The summed E-state index contributed by atoms with van der Waals surface area (Å²) in [6, 6.07) is 13.3. The van der Waals surface area contributed by atoms with E-state index in [4.69, 9.17) is 9.47 Å². The van der Waals surface area contributed by atoms with Crippen molar-refractivity contribution in [2.24, 2.45) is 0 Å². The Labute approximate surface area is 165 Å². The maximum absolute atomic E-state index is 12.2. The fourth-order valence-corrected chi connectivity index (χ4v) is 3.37. The lowest BCUT2D eigenvalue weighted by Gasteiger charge is -2.08. The molecule has 0 atom stereocenters. The third kappa shape index (κ3) is 6.80. The Morgan fingerprint density at radius 1 is 1.04 bits per heavy atom. The first kappa shape index (κ1) is 21.6. The molecule has 0 saturated carbocycles. The van der Waals surface area contributed by atoms with Gasteiger partial charge in [0.2, 0.25) is 15.9 Å². The van der Waals surface area contributed by atoms with E-state index in [1.807, 2.05) is 12.1 Å². The first-order valence-electron chi connectivity index (χ1n) is 8.66. The van der Waals surface area contributed by atoms with E-state index < -0.39 is 10.0 Å². The minimum absolute atomic E-state index is 0.136. The van der Waals surface area contributed by atoms with Crippen molar-refractivity contribution in [1.82, 2.24) is 4.72 Å². The van der Waals surface area contributed by atoms with Crippen LogP contribution < -0.4 is 14.8 Å². The van der Waals surface area contributed by atoms with Gasteiger partial charge < -0.3 is 14.8 Å². The first-order valence-corrected chi connectivity index (χ1v) is 10.1. The maximum Gasteiger partial charge on any atom is 0.248 e. The van der Waals surface area contributed by atoms with Gasteiger partial charge in [0.15, 0.2) is 0 Å². The van der Waals surface area contributed by atoms with Crippen LogP contribution in [0.3, 0.4) is 0 Å². The second kappa shape index (κ2) is 10.6. The third-order valence-electron chi connectivity index (χ3n) is 3.79. The Morgan fingerprint density at radius 2 is 1.71 bits per heavy atom. The highest BCUT2D eigenvalue weighted by Crippen LogP contribution is 2.15. The number of anilines is 1. The zero-order valence-electron chi connectivity index (χ0n) is 15.8. The average Bonchev–Trinajstić information content (AvgIpc) is 2.70. The predicted octanol–water partition coefficient (Wildman–Crippen LogP) is 2.66. The number of hydrogen-bond donors (Lipinski definition) is 2. The van der Waals surface area contributed by atoms with Gasteiger partial charge in [0, 0.05) is 32.0 Å². The van der Waals surface area contributed by atoms with E-state index in [0.717, 1.165) is 11.3 Å². The standard InChI is InChI=1S/C20H24N2O5S/c1-26-15-3-14-21-28(24,25)19-11-7-17(8-12-19)22-20(23)13-6-16-4-9-18(27-2)10-5-16/h4-13,21H,3,14-15H2,1-2H3,(H,22,23)/b13-6+. The Hall–Kier alpha value is -2.68. The molecular formula is C20H24N2O5S. The molecule has 0 bridgehead atoms. The predicted molar refractivity (Wildman–Crippen MR) is 109 cm³/mol. The van der Waals surface area contributed by atoms with Crippen molar-refractivity contribution in [3.8, 4) is 5.75 Å². The van der Waals surface area contributed by atoms with Gasteiger partial charge in [-0.1, -0.05) is 12.1 Å². The lowest BCUT2D eigenvalue weighted by atomic mass is 10.2. The Morgan fingerprint density at radius 3 is 2.32 bits per heavy atom. The smallest absolute Gasteiger partial charge is 0.248 e. The summed E-state index contributed by atoms with van der Waals surface area (Å²) < 4.78 is 36.8. The summed E-state index contributed by atoms with van der Waals surface area (Å²) in [7, 11) is -0.428. The number of sulfonamides is 1. The zero-order chi connectivity index (χ0) is 20.4. The van der Waals surface area contributed by atoms with E-state index in [1.165, 1.54) is 18.2 Å². The fraction of sp³-hybridized carbons (Fsp3) is 0.250. The zero-order valence-corrected chi connectivity index (χ0v) is 16.7. The van der Waals surface area contributed by atoms with Gasteiger partial charge in [0.1, 0.15) is 5.75 Å². The average molecular weight is 404 g/mol. The molecule has 0 fully saturated rings. The van der Waals surface area contributed by atoms with Gasteiger partial charge in [-0.05, 0) is 54.5 Å². The molecule has 0 aliphatic heterocycles. The monoisotopic (exact) mass is 404 g/mol. The molecule has 28 heavy (non-hydrogen) atoms. The van der Waals surface area contributed by atoms with Crippen molar-refractivity contribution in [1.29, 1.82) is 0 Å². The van der Waals surface area contributed by atoms with Crippen molar-refractivity contribution < 1.29 is 22.7 Å². The molecule has 0 unspecified atom stereocenters. The molecule has 0 heterocycles. The number of hydrogen-bond acceptors (Lipinski definition) is 5. The summed E-state index contributed by atoms with van der Waals surface area (Å²) in [6.07, 6.45) is 3.67. The van der Waals surface area contributed by atoms with Crippen molar-refractivity contribution in [2.45, 2.75) is 11.3 Å². The number of amides is 1. The van der Waals surface area contributed by atoms with E-state index in [1.54, 1.807) is 44.6 Å². The molecule has 2 aromatic rings. The molecule has 0 aliphatic carbocycles. The number of methoxy groups -OCH3 is 2. The largest absolute Gasteiger partial charge is 0.497 e. The van der Waals surface area contributed by atoms with Crippen molar-refractivity contribution in [3.05, 3.63) is 60.2 Å². The number of carbonyl (C=O) groups is 1. The van der Waals surface area contributed by atoms with Gasteiger partial charge in [-0.3, -0.25) is 4.79 Å². The maximum atomic E-state index is 12.2. The van der Waals surface area contributed by atoms with E-state index in [2.05, 4.69) is 10.0 Å². The van der Waals surface area contributed by atoms with Gasteiger partial charge in [-0.2, -0.15) is 0 Å². The molecule has 150 valence electrons. The van der Waals surface area contributed by atoms with Crippen molar-refractivity contribution in [2.75, 3.05) is 32.7 Å². The Bertz CT molecular complexity index is 891. The van der Waals surface area contributed by atoms with Gasteiger partial charge in [0.05, 0.1) is 12.0 Å². The lowest BCUT2D eigenvalue weighted by Crippen LogP contribution is -2.25. The second-order valence-electron chi connectivity index (χ2n) is 5.86. The molecule has 8 heteroatoms. The molecule has 0 saturated heterocycles. The lowest BCUT2D eigenvalue weighted by molar-refractivity contribution is -0.111. The highest BCUT2D eigenvalue weighted by Gasteiger charge is 2.13. The summed E-state index contributed by atoms with van der Waals surface area (Å²) in [5, 5.41) is 2.69. The second-order valence-corrected chi connectivity index (χ2v) is 7.63. The Balaban J connectivity index is 1.91. The van der Waals surface area contributed by atoms with Crippen LogP contribution in [0.2, 0.25) is 0 Å². The summed E-state index contributed by atoms with van der Waals surface area (Å²) >= 11 is 0. The SMILES string of the molecule is COCCCNS(=O)(=O)c1ccc(NC(=O)/C=C/c2ccc(OC)cc2)cc1. The molecule has 2 N–H and O–H groups in total. The molecular weight excluding hydrogens is 380 g/mol. The van der Waals surface area contributed by atoms with Crippen LogP contribution in [0.5, 0.6) is 5.75 Å². The molecule has 0 radical (unpaired) electrons. The van der Waals surface area contributed by atoms with Crippen LogP contribution in [-0.4, -0.2) is 41.7 Å². The molecule has 0 aromatic heterocycles. The molecule has 0 spiro atoms. The van der Waals surface area contributed by atoms with Gasteiger partial charge in [-0.25, -0.2) is 13.1 Å². The van der Waals surface area contributed by atoms with E-state index in [0.29, 0.717) is 25.3 Å². The highest BCUT2D eigenvalue weighted by molar-refractivity contribution is 7.89. The highest BCUT2D eigenvalue weighted by atomic mass is 32.2. The number of ether oxygens (including phenoxy) is 2. The van der Waals surface area contributed by atoms with Gasteiger partial charge in [0.25, 0.3) is 0 Å². The summed E-state index contributed by atoms with van der Waals surface area (Å²) in [5.41, 5.74) is 1.36. The van der Waals surface area contributed by atoms with Crippen LogP contribution in [0, 0.1) is 0 Å². The molecule has 1 amide bonds. The quantitative estimate of drug-likeness (QED) is 0.469. The van der Waals surface area contributed by atoms with Gasteiger partial charge >= 0.3 is 0 Å². The summed E-state index contributed by atoms with van der Waals surface area (Å²) in [4.78, 5) is 12.2. The summed E-state index contributed by atoms with van der Waals surface area (Å²) in [5.74, 6) is 0.425. The van der Waals surface area contributed by atoms with Crippen LogP contribution >= 0.6 is 0 Å². The Kier molecular flexibility index (Phi) is 8.19. The first-order chi connectivity index (χ1) is 13.4. The van der Waals surface area contributed by atoms with E-state index in [9.17, 15) is 13.2 Å². The number of nitrogens with one attached hydrogen (secondary N) is 2. The molecule has 0 aliphatic rings. The van der Waals surface area contributed by atoms with Crippen molar-refractivity contribution in [3.63, 3.8) is 0 Å². The molecule has 2 aromatic carbocycles. The molecule has 2 rings (SSSR count). The minimum atomic E-state index is -3.58.